The lowest BCUT2D eigenvalue weighted by atomic mass is 9.71. The highest BCUT2D eigenvalue weighted by Crippen LogP contribution is 2.45. The molecule has 3 heterocycles. The first-order valence-corrected chi connectivity index (χ1v) is 13.8. The van der Waals surface area contributed by atoms with Crippen molar-refractivity contribution in [3.63, 3.8) is 0 Å². The van der Waals surface area contributed by atoms with Crippen molar-refractivity contribution < 1.29 is 29.3 Å². The zero-order chi connectivity index (χ0) is 27.4. The molecule has 2 aliphatic heterocycles. The second kappa shape index (κ2) is 12.2. The average molecular weight is 516 g/mol. The highest BCUT2D eigenvalue weighted by molar-refractivity contribution is 5.88. The van der Waals surface area contributed by atoms with E-state index in [0.717, 1.165) is 37.0 Å². The number of rotatable bonds is 4. The molecule has 2 N–H and O–H groups in total. The number of epoxide rings is 1. The fourth-order valence-corrected chi connectivity index (χ4v) is 5.49. The number of esters is 1. The predicted molar refractivity (Wildman–Crippen MR) is 142 cm³/mol. The van der Waals surface area contributed by atoms with Crippen LogP contribution in [-0.4, -0.2) is 57.0 Å². The van der Waals surface area contributed by atoms with Crippen molar-refractivity contribution in [1.82, 2.24) is 4.98 Å². The fourth-order valence-electron chi connectivity index (χ4n) is 5.49. The number of nitrogens with zero attached hydrogens (tertiary/aromatic N) is 1. The summed E-state index contributed by atoms with van der Waals surface area (Å²) in [4.78, 5) is 31.0. The first-order chi connectivity index (χ1) is 17.4. The Balaban J connectivity index is 1.88. The normalized spacial score (nSPS) is 35.9. The number of ether oxygens (including phenoxy) is 2. The van der Waals surface area contributed by atoms with Gasteiger partial charge in [-0.1, -0.05) is 46.6 Å². The summed E-state index contributed by atoms with van der Waals surface area (Å²) in [6, 6.07) is 5.63. The van der Waals surface area contributed by atoms with Gasteiger partial charge in [-0.15, -0.1) is 0 Å². The Hall–Kier alpha value is -2.09. The molecule has 0 spiro atoms. The van der Waals surface area contributed by atoms with Crippen LogP contribution in [0, 0.1) is 17.3 Å². The van der Waals surface area contributed by atoms with Gasteiger partial charge in [0.2, 0.25) is 0 Å². The summed E-state index contributed by atoms with van der Waals surface area (Å²) in [5.41, 5.74) is 0.0977. The summed E-state index contributed by atoms with van der Waals surface area (Å²) in [5.74, 6) is -1.43. The lowest BCUT2D eigenvalue weighted by Gasteiger charge is -2.36. The molecular weight excluding hydrogens is 470 g/mol. The second-order valence-electron chi connectivity index (χ2n) is 11.8. The van der Waals surface area contributed by atoms with Crippen LogP contribution in [0.1, 0.15) is 92.2 Å². The van der Waals surface area contributed by atoms with E-state index in [0.29, 0.717) is 12.8 Å². The van der Waals surface area contributed by atoms with E-state index in [4.69, 9.17) is 9.47 Å². The van der Waals surface area contributed by atoms with Gasteiger partial charge in [0.05, 0.1) is 41.4 Å². The first kappa shape index (κ1) is 29.5. The molecule has 0 radical (unpaired) electrons. The third kappa shape index (κ3) is 7.27. The van der Waals surface area contributed by atoms with Crippen molar-refractivity contribution in [3.05, 3.63) is 35.7 Å². The number of Topliss-reactive ketones (excluding diaryl/α,β-unsaturated/α-hetero) is 1. The summed E-state index contributed by atoms with van der Waals surface area (Å²) >= 11 is 0. The van der Waals surface area contributed by atoms with Crippen molar-refractivity contribution >= 4 is 17.8 Å². The molecule has 7 atom stereocenters. The van der Waals surface area contributed by atoms with Crippen molar-refractivity contribution in [1.29, 1.82) is 0 Å². The largest absolute Gasteiger partial charge is 0.458 e. The molecule has 0 unspecified atom stereocenters. The van der Waals surface area contributed by atoms with Crippen molar-refractivity contribution in [2.75, 3.05) is 0 Å². The van der Waals surface area contributed by atoms with E-state index >= 15 is 0 Å². The highest BCUT2D eigenvalue weighted by Gasteiger charge is 2.53. The molecule has 0 amide bonds. The predicted octanol–water partition coefficient (Wildman–Crippen LogP) is 4.89. The smallest absolute Gasteiger partial charge is 0.309 e. The minimum absolute atomic E-state index is 0.0544. The number of aliphatic hydroxyl groups is 2. The summed E-state index contributed by atoms with van der Waals surface area (Å²) < 4.78 is 12.0. The van der Waals surface area contributed by atoms with Crippen LogP contribution in [0.2, 0.25) is 0 Å². The summed E-state index contributed by atoms with van der Waals surface area (Å²) in [6.45, 7) is 11.3. The maximum atomic E-state index is 13.6. The van der Waals surface area contributed by atoms with Gasteiger partial charge in [-0.05, 0) is 62.8 Å². The molecule has 2 saturated heterocycles. The molecule has 7 heteroatoms. The molecule has 0 bridgehead atoms. The molecule has 0 saturated carbocycles. The van der Waals surface area contributed by atoms with Gasteiger partial charge in [0.15, 0.2) is 0 Å². The highest BCUT2D eigenvalue weighted by atomic mass is 16.6. The standard InChI is InChI=1S/C30H45NO6/c1-7-11-22-27(34)19(2)12-10-14-30(6)25(37-30)17-23(20(3)16-21-13-8-9-15-31-21)36-26(33)18-24(32)29(4,5)28(22)35/h8-9,13,15-16,19,22-25,27,32,34H,7,10-12,14,17-18H2,1-6H3/t19-,22+,23-,24-,25+,27-,30+/m0/s1. The van der Waals surface area contributed by atoms with E-state index in [1.54, 1.807) is 20.0 Å². The van der Waals surface area contributed by atoms with Gasteiger partial charge in [-0.25, -0.2) is 0 Å². The molecule has 0 aromatic carbocycles. The number of hydrogen-bond acceptors (Lipinski definition) is 7. The maximum Gasteiger partial charge on any atom is 0.309 e. The Morgan fingerprint density at radius 2 is 1.95 bits per heavy atom. The number of cyclic esters (lactones) is 1. The third-order valence-electron chi connectivity index (χ3n) is 8.40. The van der Waals surface area contributed by atoms with Gasteiger partial charge in [-0.2, -0.15) is 0 Å². The number of aliphatic hydroxyl groups excluding tert-OH is 2. The third-order valence-corrected chi connectivity index (χ3v) is 8.40. The van der Waals surface area contributed by atoms with Gasteiger partial charge in [0.1, 0.15) is 11.9 Å². The fraction of sp³-hybridized carbons (Fsp3) is 0.700. The summed E-state index contributed by atoms with van der Waals surface area (Å²) in [7, 11) is 0. The van der Waals surface area contributed by atoms with Gasteiger partial charge < -0.3 is 19.7 Å². The van der Waals surface area contributed by atoms with Crippen LogP contribution in [0.4, 0.5) is 0 Å². The molecule has 7 nitrogen and oxygen atoms in total. The summed E-state index contributed by atoms with van der Waals surface area (Å²) in [6.07, 6.45) is 4.94. The average Bonchev–Trinajstić information content (AvgIpc) is 3.49. The topological polar surface area (TPSA) is 109 Å². The van der Waals surface area contributed by atoms with E-state index in [2.05, 4.69) is 11.9 Å². The van der Waals surface area contributed by atoms with Crippen LogP contribution in [0.15, 0.2) is 30.0 Å². The van der Waals surface area contributed by atoms with Crippen LogP contribution in [0.5, 0.6) is 0 Å². The Labute approximate surface area is 221 Å². The Bertz CT molecular complexity index is 960. The number of pyridine rings is 1. The van der Waals surface area contributed by atoms with Gasteiger partial charge >= 0.3 is 5.97 Å². The second-order valence-corrected chi connectivity index (χ2v) is 11.8. The maximum absolute atomic E-state index is 13.6. The van der Waals surface area contributed by atoms with Crippen LogP contribution < -0.4 is 0 Å². The van der Waals surface area contributed by atoms with E-state index in [1.807, 2.05) is 45.0 Å². The molecule has 1 aromatic rings. The van der Waals surface area contributed by atoms with Crippen molar-refractivity contribution in [3.8, 4) is 0 Å². The minimum atomic E-state index is -1.23. The minimum Gasteiger partial charge on any atom is -0.458 e. The number of fused-ring (bicyclic) bond motifs is 1. The van der Waals surface area contributed by atoms with Crippen molar-refractivity contribution in [2.24, 2.45) is 17.3 Å². The number of hydrogen-bond donors (Lipinski definition) is 2. The van der Waals surface area contributed by atoms with E-state index in [1.165, 1.54) is 0 Å². The lowest BCUT2D eigenvalue weighted by molar-refractivity contribution is -0.154. The van der Waals surface area contributed by atoms with Crippen LogP contribution in [-0.2, 0) is 19.1 Å². The quantitative estimate of drug-likeness (QED) is 0.434. The Kier molecular flexibility index (Phi) is 9.70. The number of carbonyl (C=O) groups excluding carboxylic acids is 2. The lowest BCUT2D eigenvalue weighted by Crippen LogP contribution is -2.46. The molecule has 206 valence electrons. The monoisotopic (exact) mass is 515 g/mol. The zero-order valence-corrected chi connectivity index (χ0v) is 23.3. The van der Waals surface area contributed by atoms with Gasteiger partial charge in [0.25, 0.3) is 0 Å². The summed E-state index contributed by atoms with van der Waals surface area (Å²) in [5, 5.41) is 22.2. The SMILES string of the molecule is CCC[C@H]1C(=O)C(C)(C)[C@@H](O)CC(=O)O[C@H](C(C)=Cc2ccccn2)C[C@H]2O[C@]2(C)CCC[C@H](C)[C@@H]1O. The van der Waals surface area contributed by atoms with Crippen LogP contribution >= 0.6 is 0 Å². The molecule has 0 aliphatic carbocycles. The molecule has 1 aromatic heterocycles. The Morgan fingerprint density at radius 1 is 1.22 bits per heavy atom. The molecule has 2 fully saturated rings. The molecule has 37 heavy (non-hydrogen) atoms. The van der Waals surface area contributed by atoms with Gasteiger partial charge in [-0.3, -0.25) is 14.6 Å². The number of ketones is 1. The molecule has 3 rings (SSSR count). The molecule has 2 aliphatic rings. The van der Waals surface area contributed by atoms with E-state index in [-0.39, 0.29) is 29.8 Å². The van der Waals surface area contributed by atoms with Crippen molar-refractivity contribution in [2.45, 2.75) is 117 Å². The van der Waals surface area contributed by atoms with E-state index < -0.39 is 35.6 Å². The van der Waals surface area contributed by atoms with Crippen LogP contribution in [0.3, 0.4) is 0 Å². The van der Waals surface area contributed by atoms with Gasteiger partial charge in [0, 0.05) is 18.5 Å². The number of aromatic nitrogens is 1. The molecular formula is C30H45NO6. The zero-order valence-electron chi connectivity index (χ0n) is 23.3. The van der Waals surface area contributed by atoms with Crippen LogP contribution in [0.25, 0.3) is 6.08 Å². The number of carbonyl (C=O) groups is 2. The first-order valence-electron chi connectivity index (χ1n) is 13.8. The Morgan fingerprint density at radius 3 is 2.59 bits per heavy atom. The van der Waals surface area contributed by atoms with E-state index in [9.17, 15) is 19.8 Å².